The molecular formula is C9H9IN4O2. The van der Waals surface area contributed by atoms with Gasteiger partial charge < -0.3 is 10.4 Å². The second-order valence-corrected chi connectivity index (χ2v) is 4.17. The van der Waals surface area contributed by atoms with Crippen molar-refractivity contribution in [2.75, 3.05) is 0 Å². The normalized spacial score (nSPS) is 23.0. The van der Waals surface area contributed by atoms with E-state index in [1.807, 2.05) is 22.6 Å². The molecule has 2 rings (SSSR count). The Labute approximate surface area is 106 Å². The third-order valence-electron chi connectivity index (χ3n) is 1.98. The number of fused-ring (bicyclic) bond motifs is 1. The van der Waals surface area contributed by atoms with Gasteiger partial charge in [0, 0.05) is 41.8 Å². The van der Waals surface area contributed by atoms with Gasteiger partial charge in [0.2, 0.25) is 5.91 Å². The maximum absolute atomic E-state index is 10.9. The number of aliphatic imine (C=N–C) groups is 2. The summed E-state index contributed by atoms with van der Waals surface area (Å²) in [4.78, 5) is 20.7. The second-order valence-electron chi connectivity index (χ2n) is 3.21. The molecule has 1 atom stereocenters. The van der Waals surface area contributed by atoms with Crippen LogP contribution in [-0.4, -0.2) is 31.8 Å². The monoisotopic (exact) mass is 332 g/mol. The van der Waals surface area contributed by atoms with Crippen LogP contribution in [0.3, 0.4) is 0 Å². The van der Waals surface area contributed by atoms with Gasteiger partial charge in [-0.15, -0.1) is 0 Å². The van der Waals surface area contributed by atoms with Gasteiger partial charge >= 0.3 is 0 Å². The highest BCUT2D eigenvalue weighted by Crippen LogP contribution is 2.19. The van der Waals surface area contributed by atoms with Crippen LogP contribution in [0.5, 0.6) is 0 Å². The van der Waals surface area contributed by atoms with Crippen molar-refractivity contribution < 1.29 is 9.90 Å². The van der Waals surface area contributed by atoms with Crippen LogP contribution in [0.4, 0.5) is 0 Å². The Hall–Kier alpha value is -1.38. The summed E-state index contributed by atoms with van der Waals surface area (Å²) in [5.41, 5.74) is 0. The Morgan fingerprint density at radius 3 is 3.12 bits per heavy atom. The largest absolute Gasteiger partial charge is 0.494 e. The van der Waals surface area contributed by atoms with E-state index in [2.05, 4.69) is 15.3 Å². The van der Waals surface area contributed by atoms with Gasteiger partial charge in [0.25, 0.3) is 0 Å². The van der Waals surface area contributed by atoms with Crippen LogP contribution in [0.15, 0.2) is 34.2 Å². The molecule has 2 aliphatic rings. The third-order valence-corrected chi connectivity index (χ3v) is 2.74. The van der Waals surface area contributed by atoms with Crippen LogP contribution in [0.1, 0.15) is 6.92 Å². The molecule has 0 spiro atoms. The zero-order valence-corrected chi connectivity index (χ0v) is 10.5. The topological polar surface area (TPSA) is 77.3 Å². The number of carbonyl (C=O) groups is 1. The number of hydrogen-bond acceptors (Lipinski definition) is 5. The lowest BCUT2D eigenvalue weighted by molar-refractivity contribution is -0.119. The fourth-order valence-electron chi connectivity index (χ4n) is 1.38. The van der Waals surface area contributed by atoms with Crippen LogP contribution in [-0.2, 0) is 4.79 Å². The number of nitrogens with zero attached hydrogens (tertiary/aromatic N) is 3. The Kier molecular flexibility index (Phi) is 2.95. The van der Waals surface area contributed by atoms with E-state index in [4.69, 9.17) is 0 Å². The lowest BCUT2D eigenvalue weighted by Crippen LogP contribution is -2.42. The summed E-state index contributed by atoms with van der Waals surface area (Å²) >= 11 is 1.99. The predicted molar refractivity (Wildman–Crippen MR) is 68.2 cm³/mol. The van der Waals surface area contributed by atoms with Gasteiger partial charge in [-0.25, -0.2) is 14.9 Å². The fourth-order valence-corrected chi connectivity index (χ4v) is 2.04. The highest BCUT2D eigenvalue weighted by Gasteiger charge is 2.26. The lowest BCUT2D eigenvalue weighted by atomic mass is 10.3. The molecule has 0 aromatic heterocycles. The average molecular weight is 332 g/mol. The van der Waals surface area contributed by atoms with Crippen LogP contribution < -0.4 is 5.32 Å². The summed E-state index contributed by atoms with van der Waals surface area (Å²) in [6.45, 7) is 1.40. The molecule has 0 saturated carbocycles. The first kappa shape index (κ1) is 11.1. The van der Waals surface area contributed by atoms with Crippen molar-refractivity contribution in [2.24, 2.45) is 9.98 Å². The number of rotatable bonds is 1. The van der Waals surface area contributed by atoms with Crippen molar-refractivity contribution in [3.63, 3.8) is 0 Å². The maximum atomic E-state index is 10.9. The van der Waals surface area contributed by atoms with Crippen LogP contribution >= 0.6 is 22.6 Å². The highest BCUT2D eigenvalue weighted by atomic mass is 127. The molecule has 2 heterocycles. The molecule has 0 aliphatic carbocycles. The molecule has 0 radical (unpaired) electrons. The van der Waals surface area contributed by atoms with Gasteiger partial charge in [0.05, 0.1) is 0 Å². The number of halogens is 1. The number of hydrogen-bond donors (Lipinski definition) is 2. The van der Waals surface area contributed by atoms with Crippen molar-refractivity contribution in [1.29, 1.82) is 0 Å². The number of aliphatic hydroxyl groups is 1. The van der Waals surface area contributed by atoms with Gasteiger partial charge in [-0.1, -0.05) is 0 Å². The molecule has 0 aromatic rings. The van der Waals surface area contributed by atoms with Crippen molar-refractivity contribution in [3.8, 4) is 0 Å². The average Bonchev–Trinajstić information content (AvgIpc) is 2.15. The van der Waals surface area contributed by atoms with E-state index >= 15 is 0 Å². The third kappa shape index (κ3) is 2.08. The number of carbonyl (C=O) groups excluding carboxylic acids is 1. The van der Waals surface area contributed by atoms with E-state index in [-0.39, 0.29) is 11.8 Å². The summed E-state index contributed by atoms with van der Waals surface area (Å²) in [7, 11) is 0. The van der Waals surface area contributed by atoms with Crippen LogP contribution in [0.2, 0.25) is 0 Å². The number of amides is 1. The lowest BCUT2D eigenvalue weighted by Gasteiger charge is -2.28. The minimum absolute atomic E-state index is 0.0150. The number of nitrogens with one attached hydrogen (secondary N) is 1. The summed E-state index contributed by atoms with van der Waals surface area (Å²) in [6.07, 6.45) is 4.19. The first-order valence-electron chi connectivity index (χ1n) is 4.53. The molecular weight excluding hydrogens is 323 g/mol. The molecule has 84 valence electrons. The smallest absolute Gasteiger partial charge is 0.218 e. The van der Waals surface area contributed by atoms with Gasteiger partial charge in [-0.2, -0.15) is 0 Å². The molecule has 0 aromatic carbocycles. The maximum Gasteiger partial charge on any atom is 0.218 e. The van der Waals surface area contributed by atoms with E-state index in [1.165, 1.54) is 17.9 Å². The Morgan fingerprint density at radius 1 is 1.69 bits per heavy atom. The predicted octanol–water partition coefficient (Wildman–Crippen LogP) is 0.880. The second kappa shape index (κ2) is 4.24. The molecule has 1 unspecified atom stereocenters. The molecule has 2 N–H and O–H groups in total. The number of amidine groups is 2. The first-order chi connectivity index (χ1) is 7.58. The van der Waals surface area contributed by atoms with Crippen LogP contribution in [0.25, 0.3) is 0 Å². The molecule has 0 fully saturated rings. The zero-order valence-electron chi connectivity index (χ0n) is 8.38. The molecule has 16 heavy (non-hydrogen) atoms. The van der Waals surface area contributed by atoms with E-state index in [9.17, 15) is 9.90 Å². The zero-order chi connectivity index (χ0) is 11.7. The van der Waals surface area contributed by atoms with Crippen LogP contribution in [0, 0.1) is 0 Å². The van der Waals surface area contributed by atoms with Crippen molar-refractivity contribution in [1.82, 2.24) is 10.2 Å². The van der Waals surface area contributed by atoms with E-state index in [0.717, 1.165) is 0 Å². The highest BCUT2D eigenvalue weighted by molar-refractivity contribution is 14.1. The minimum atomic E-state index is -0.532. The van der Waals surface area contributed by atoms with Gasteiger partial charge in [0.1, 0.15) is 12.0 Å². The first-order valence-corrected chi connectivity index (χ1v) is 5.61. The van der Waals surface area contributed by atoms with Crippen molar-refractivity contribution in [2.45, 2.75) is 13.1 Å². The fraction of sp³-hybridized carbons (Fsp3) is 0.222. The van der Waals surface area contributed by atoms with E-state index < -0.39 is 6.17 Å². The molecule has 0 saturated heterocycles. The summed E-state index contributed by atoms with van der Waals surface area (Å²) in [5.74, 6) is 0.370. The standard InChI is InChI=1S/C9H9IN4O2/c1-5(15)12-6-4-8(16)14-7(13-6)2-3-11-9(14)10/h2-4,6,16H,1H3,(H,12,15). The summed E-state index contributed by atoms with van der Waals surface area (Å²) < 4.78 is 0.605. The molecule has 0 bridgehead atoms. The molecule has 2 aliphatic heterocycles. The van der Waals surface area contributed by atoms with Gasteiger partial charge in [-0.05, 0) is 6.08 Å². The van der Waals surface area contributed by atoms with Gasteiger partial charge in [0.15, 0.2) is 9.73 Å². The van der Waals surface area contributed by atoms with E-state index in [1.54, 1.807) is 12.3 Å². The molecule has 1 amide bonds. The minimum Gasteiger partial charge on any atom is -0.494 e. The summed E-state index contributed by atoms with van der Waals surface area (Å²) in [5, 5.41) is 12.4. The Morgan fingerprint density at radius 2 is 2.44 bits per heavy atom. The molecule has 6 nitrogen and oxygen atoms in total. The van der Waals surface area contributed by atoms with Gasteiger partial charge in [-0.3, -0.25) is 4.79 Å². The number of aliphatic hydroxyl groups excluding tert-OH is 1. The Bertz CT molecular complexity index is 452. The molecule has 7 heteroatoms. The van der Waals surface area contributed by atoms with Crippen molar-refractivity contribution in [3.05, 3.63) is 24.2 Å². The SMILES string of the molecule is CC(=O)NC1C=C(O)N2C(I)=NC=CC2=N1. The quantitative estimate of drug-likeness (QED) is 0.553. The Balaban J connectivity index is 2.28. The van der Waals surface area contributed by atoms with E-state index in [0.29, 0.717) is 9.68 Å². The summed E-state index contributed by atoms with van der Waals surface area (Å²) in [6, 6.07) is 0. The van der Waals surface area contributed by atoms with Crippen molar-refractivity contribution >= 4 is 38.2 Å².